The van der Waals surface area contributed by atoms with Crippen molar-refractivity contribution in [2.45, 2.75) is 45.6 Å². The molecule has 1 nitrogen and oxygen atoms in total. The highest BCUT2D eigenvalue weighted by Crippen LogP contribution is 2.40. The van der Waals surface area contributed by atoms with Crippen LogP contribution in [0.2, 0.25) is 0 Å². The van der Waals surface area contributed by atoms with Crippen LogP contribution in [0.3, 0.4) is 0 Å². The Morgan fingerprint density at radius 2 is 2.06 bits per heavy atom. The van der Waals surface area contributed by atoms with Crippen LogP contribution < -0.4 is 5.32 Å². The van der Waals surface area contributed by atoms with E-state index in [1.807, 2.05) is 0 Å². The van der Waals surface area contributed by atoms with Gasteiger partial charge in [-0.25, -0.2) is 0 Å². The molecule has 2 rings (SSSR count). The summed E-state index contributed by atoms with van der Waals surface area (Å²) in [6, 6.07) is 8.56. The Bertz CT molecular complexity index is 356. The predicted octanol–water partition coefficient (Wildman–Crippen LogP) is 4.51. The second-order valence-electron chi connectivity index (χ2n) is 5.29. The molecule has 1 N–H and O–H groups in total. The van der Waals surface area contributed by atoms with Crippen LogP contribution in [-0.2, 0) is 6.54 Å². The van der Waals surface area contributed by atoms with Crippen molar-refractivity contribution < 1.29 is 0 Å². The topological polar surface area (TPSA) is 12.0 Å². The Balaban J connectivity index is 1.82. The molecule has 1 aromatic carbocycles. The lowest BCUT2D eigenvalue weighted by Gasteiger charge is -2.27. The molecule has 1 aromatic rings. The highest BCUT2D eigenvalue weighted by Gasteiger charge is 2.31. The monoisotopic (exact) mass is 295 g/mol. The number of benzene rings is 1. The van der Waals surface area contributed by atoms with E-state index in [2.05, 4.69) is 52.4 Å². The zero-order valence-corrected chi connectivity index (χ0v) is 12.2. The number of rotatable bonds is 5. The van der Waals surface area contributed by atoms with Crippen molar-refractivity contribution in [1.29, 1.82) is 0 Å². The quantitative estimate of drug-likeness (QED) is 0.843. The van der Waals surface area contributed by atoms with Gasteiger partial charge in [0.1, 0.15) is 0 Å². The summed E-state index contributed by atoms with van der Waals surface area (Å²) in [5.74, 6) is 0. The van der Waals surface area contributed by atoms with Gasteiger partial charge in [0.25, 0.3) is 0 Å². The lowest BCUT2D eigenvalue weighted by molar-refractivity contribution is 0.268. The van der Waals surface area contributed by atoms with Gasteiger partial charge in [-0.15, -0.1) is 0 Å². The van der Waals surface area contributed by atoms with E-state index in [4.69, 9.17) is 0 Å². The van der Waals surface area contributed by atoms with Gasteiger partial charge in [0.15, 0.2) is 0 Å². The van der Waals surface area contributed by atoms with E-state index in [1.165, 1.54) is 48.7 Å². The third kappa shape index (κ3) is 3.56. The van der Waals surface area contributed by atoms with E-state index < -0.39 is 0 Å². The SMILES string of the molecule is CCC1(CNCc2cccc(Br)c2)CCCC1. The summed E-state index contributed by atoms with van der Waals surface area (Å²) in [6.45, 7) is 4.50. The molecule has 1 fully saturated rings. The summed E-state index contributed by atoms with van der Waals surface area (Å²) in [5, 5.41) is 3.64. The maximum atomic E-state index is 3.64. The minimum Gasteiger partial charge on any atom is -0.312 e. The lowest BCUT2D eigenvalue weighted by atomic mass is 9.83. The lowest BCUT2D eigenvalue weighted by Crippen LogP contribution is -2.31. The normalized spacial score (nSPS) is 18.5. The van der Waals surface area contributed by atoms with Crippen LogP contribution in [0.4, 0.5) is 0 Å². The van der Waals surface area contributed by atoms with Gasteiger partial charge in [-0.3, -0.25) is 0 Å². The molecule has 1 aliphatic carbocycles. The zero-order valence-electron chi connectivity index (χ0n) is 10.6. The molecule has 0 heterocycles. The fourth-order valence-electron chi connectivity index (χ4n) is 2.90. The van der Waals surface area contributed by atoms with Crippen molar-refractivity contribution in [3.63, 3.8) is 0 Å². The van der Waals surface area contributed by atoms with Crippen molar-refractivity contribution >= 4 is 15.9 Å². The molecular weight excluding hydrogens is 274 g/mol. The number of halogens is 1. The highest BCUT2D eigenvalue weighted by molar-refractivity contribution is 9.10. The number of nitrogens with one attached hydrogen (secondary N) is 1. The molecule has 0 aromatic heterocycles. The van der Waals surface area contributed by atoms with Crippen molar-refractivity contribution in [3.8, 4) is 0 Å². The van der Waals surface area contributed by atoms with Gasteiger partial charge in [0, 0.05) is 17.6 Å². The molecule has 0 atom stereocenters. The van der Waals surface area contributed by atoms with E-state index in [-0.39, 0.29) is 0 Å². The molecule has 0 saturated heterocycles. The molecule has 1 aliphatic rings. The molecule has 0 unspecified atom stereocenters. The van der Waals surface area contributed by atoms with Gasteiger partial charge in [-0.1, -0.05) is 47.8 Å². The van der Waals surface area contributed by atoms with Gasteiger partial charge in [0.2, 0.25) is 0 Å². The molecule has 0 radical (unpaired) electrons. The van der Waals surface area contributed by atoms with Gasteiger partial charge in [0.05, 0.1) is 0 Å². The average Bonchev–Trinajstić information content (AvgIpc) is 2.79. The van der Waals surface area contributed by atoms with Crippen LogP contribution in [0.25, 0.3) is 0 Å². The third-order valence-electron chi connectivity index (χ3n) is 4.13. The first-order valence-corrected chi connectivity index (χ1v) is 7.49. The molecule has 1 saturated carbocycles. The van der Waals surface area contributed by atoms with Crippen LogP contribution >= 0.6 is 15.9 Å². The van der Waals surface area contributed by atoms with Gasteiger partial charge >= 0.3 is 0 Å². The van der Waals surface area contributed by atoms with Crippen molar-refractivity contribution in [3.05, 3.63) is 34.3 Å². The van der Waals surface area contributed by atoms with E-state index in [0.29, 0.717) is 5.41 Å². The zero-order chi connectivity index (χ0) is 12.1. The van der Waals surface area contributed by atoms with Crippen LogP contribution in [0, 0.1) is 5.41 Å². The average molecular weight is 296 g/mol. The van der Waals surface area contributed by atoms with Gasteiger partial charge < -0.3 is 5.32 Å². The van der Waals surface area contributed by atoms with Crippen LogP contribution in [0.1, 0.15) is 44.6 Å². The van der Waals surface area contributed by atoms with E-state index in [1.54, 1.807) is 0 Å². The Morgan fingerprint density at radius 1 is 1.29 bits per heavy atom. The van der Waals surface area contributed by atoms with Gasteiger partial charge in [-0.2, -0.15) is 0 Å². The Labute approximate surface area is 113 Å². The maximum absolute atomic E-state index is 3.64. The van der Waals surface area contributed by atoms with E-state index in [0.717, 1.165) is 6.54 Å². The minimum atomic E-state index is 0.589. The standard InChI is InChI=1S/C15H22BrN/c1-2-15(8-3-4-9-15)12-17-11-13-6-5-7-14(16)10-13/h5-7,10,17H,2-4,8-9,11-12H2,1H3. The summed E-state index contributed by atoms with van der Waals surface area (Å²) in [6.07, 6.45) is 6.99. The second kappa shape index (κ2) is 6.01. The molecule has 94 valence electrons. The number of hydrogen-bond donors (Lipinski definition) is 1. The summed E-state index contributed by atoms with van der Waals surface area (Å²) in [4.78, 5) is 0. The molecule has 2 heteroatoms. The first-order valence-electron chi connectivity index (χ1n) is 6.69. The molecular formula is C15H22BrN. The van der Waals surface area contributed by atoms with Crippen LogP contribution in [-0.4, -0.2) is 6.54 Å². The van der Waals surface area contributed by atoms with Crippen molar-refractivity contribution in [2.75, 3.05) is 6.54 Å². The summed E-state index contributed by atoms with van der Waals surface area (Å²) in [5.41, 5.74) is 1.95. The molecule has 0 amide bonds. The minimum absolute atomic E-state index is 0.589. The molecule has 0 spiro atoms. The van der Waals surface area contributed by atoms with E-state index in [9.17, 15) is 0 Å². The number of hydrogen-bond acceptors (Lipinski definition) is 1. The van der Waals surface area contributed by atoms with Crippen molar-refractivity contribution in [2.24, 2.45) is 5.41 Å². The van der Waals surface area contributed by atoms with Crippen LogP contribution in [0.15, 0.2) is 28.7 Å². The first kappa shape index (κ1) is 13.1. The first-order chi connectivity index (χ1) is 8.24. The smallest absolute Gasteiger partial charge is 0.0206 e. The summed E-state index contributed by atoms with van der Waals surface area (Å²) < 4.78 is 1.17. The maximum Gasteiger partial charge on any atom is 0.0206 e. The van der Waals surface area contributed by atoms with Gasteiger partial charge in [-0.05, 0) is 42.4 Å². The highest BCUT2D eigenvalue weighted by atomic mass is 79.9. The second-order valence-corrected chi connectivity index (χ2v) is 6.21. The Hall–Kier alpha value is -0.340. The fourth-order valence-corrected chi connectivity index (χ4v) is 3.35. The molecule has 0 bridgehead atoms. The van der Waals surface area contributed by atoms with E-state index >= 15 is 0 Å². The van der Waals surface area contributed by atoms with Crippen molar-refractivity contribution in [1.82, 2.24) is 5.32 Å². The summed E-state index contributed by atoms with van der Waals surface area (Å²) in [7, 11) is 0. The van der Waals surface area contributed by atoms with Crippen LogP contribution in [0.5, 0.6) is 0 Å². The Kier molecular flexibility index (Phi) is 4.63. The third-order valence-corrected chi connectivity index (χ3v) is 4.63. The largest absolute Gasteiger partial charge is 0.312 e. The fraction of sp³-hybridized carbons (Fsp3) is 0.600. The molecule has 17 heavy (non-hydrogen) atoms. The summed E-state index contributed by atoms with van der Waals surface area (Å²) >= 11 is 3.52. The molecule has 0 aliphatic heterocycles. The Morgan fingerprint density at radius 3 is 2.71 bits per heavy atom. The predicted molar refractivity (Wildman–Crippen MR) is 77.0 cm³/mol.